The van der Waals surface area contributed by atoms with E-state index in [1.54, 1.807) is 14.2 Å². The molecule has 0 saturated heterocycles. The Hall–Kier alpha value is -1.22. The highest BCUT2D eigenvalue weighted by atomic mass is 16.5. The van der Waals surface area contributed by atoms with Crippen molar-refractivity contribution in [1.29, 1.82) is 0 Å². The Kier molecular flexibility index (Phi) is 5.12. The van der Waals surface area contributed by atoms with Crippen LogP contribution in [0.1, 0.15) is 37.8 Å². The molecule has 0 fully saturated rings. The second kappa shape index (κ2) is 6.38. The SMILES string of the molecule is CCCCC(N)c1c(OC)cccc1OC. The van der Waals surface area contributed by atoms with E-state index in [2.05, 4.69) is 6.92 Å². The molecule has 0 radical (unpaired) electrons. The molecule has 0 heterocycles. The van der Waals surface area contributed by atoms with Gasteiger partial charge in [-0.25, -0.2) is 0 Å². The molecular formula is C13H21NO2. The number of hydrogen-bond donors (Lipinski definition) is 1. The van der Waals surface area contributed by atoms with Crippen molar-refractivity contribution in [1.82, 2.24) is 0 Å². The molecule has 1 atom stereocenters. The third-order valence-electron chi connectivity index (χ3n) is 2.71. The fourth-order valence-corrected chi connectivity index (χ4v) is 1.81. The van der Waals surface area contributed by atoms with Crippen molar-refractivity contribution >= 4 is 0 Å². The molecule has 0 bridgehead atoms. The predicted molar refractivity (Wildman–Crippen MR) is 66.0 cm³/mol. The molecule has 0 saturated carbocycles. The van der Waals surface area contributed by atoms with Gasteiger partial charge in [-0.3, -0.25) is 0 Å². The Balaban J connectivity index is 2.97. The first-order valence-electron chi connectivity index (χ1n) is 5.71. The first kappa shape index (κ1) is 12.8. The zero-order valence-electron chi connectivity index (χ0n) is 10.3. The Labute approximate surface area is 97.6 Å². The summed E-state index contributed by atoms with van der Waals surface area (Å²) >= 11 is 0. The van der Waals surface area contributed by atoms with Crippen molar-refractivity contribution in [2.24, 2.45) is 5.73 Å². The van der Waals surface area contributed by atoms with E-state index in [1.807, 2.05) is 18.2 Å². The van der Waals surface area contributed by atoms with Crippen LogP contribution in [0.25, 0.3) is 0 Å². The minimum Gasteiger partial charge on any atom is -0.496 e. The molecule has 16 heavy (non-hydrogen) atoms. The normalized spacial score (nSPS) is 12.2. The number of methoxy groups -OCH3 is 2. The first-order chi connectivity index (χ1) is 7.74. The van der Waals surface area contributed by atoms with E-state index in [9.17, 15) is 0 Å². The molecule has 1 rings (SSSR count). The Bertz CT molecular complexity index is 303. The number of hydrogen-bond acceptors (Lipinski definition) is 3. The van der Waals surface area contributed by atoms with Gasteiger partial charge in [-0.05, 0) is 18.6 Å². The monoisotopic (exact) mass is 223 g/mol. The molecule has 3 heteroatoms. The zero-order valence-corrected chi connectivity index (χ0v) is 10.3. The maximum Gasteiger partial charge on any atom is 0.127 e. The predicted octanol–water partition coefficient (Wildman–Crippen LogP) is 2.89. The molecule has 0 aliphatic carbocycles. The summed E-state index contributed by atoms with van der Waals surface area (Å²) in [6, 6.07) is 5.73. The Morgan fingerprint density at radius 1 is 1.19 bits per heavy atom. The van der Waals surface area contributed by atoms with Crippen molar-refractivity contribution < 1.29 is 9.47 Å². The van der Waals surface area contributed by atoms with E-state index in [0.717, 1.165) is 36.3 Å². The van der Waals surface area contributed by atoms with Crippen molar-refractivity contribution in [3.05, 3.63) is 23.8 Å². The van der Waals surface area contributed by atoms with E-state index in [4.69, 9.17) is 15.2 Å². The molecule has 1 unspecified atom stereocenters. The number of rotatable bonds is 6. The van der Waals surface area contributed by atoms with Crippen LogP contribution in [-0.4, -0.2) is 14.2 Å². The second-order valence-corrected chi connectivity index (χ2v) is 3.82. The lowest BCUT2D eigenvalue weighted by atomic mass is 10.00. The average molecular weight is 223 g/mol. The Morgan fingerprint density at radius 3 is 2.19 bits per heavy atom. The number of benzene rings is 1. The van der Waals surface area contributed by atoms with E-state index in [0.29, 0.717) is 0 Å². The van der Waals surface area contributed by atoms with E-state index >= 15 is 0 Å². The summed E-state index contributed by atoms with van der Waals surface area (Å²) in [5, 5.41) is 0. The van der Waals surface area contributed by atoms with Crippen LogP contribution in [-0.2, 0) is 0 Å². The van der Waals surface area contributed by atoms with E-state index in [1.165, 1.54) is 0 Å². The molecule has 0 aliphatic rings. The molecule has 0 aliphatic heterocycles. The van der Waals surface area contributed by atoms with E-state index in [-0.39, 0.29) is 6.04 Å². The van der Waals surface area contributed by atoms with Gasteiger partial charge < -0.3 is 15.2 Å². The van der Waals surface area contributed by atoms with Crippen molar-refractivity contribution in [2.75, 3.05) is 14.2 Å². The van der Waals surface area contributed by atoms with Gasteiger partial charge in [0.25, 0.3) is 0 Å². The highest BCUT2D eigenvalue weighted by Crippen LogP contribution is 2.34. The van der Waals surface area contributed by atoms with E-state index < -0.39 is 0 Å². The molecule has 2 N–H and O–H groups in total. The highest BCUT2D eigenvalue weighted by Gasteiger charge is 2.16. The maximum absolute atomic E-state index is 6.17. The summed E-state index contributed by atoms with van der Waals surface area (Å²) in [5.41, 5.74) is 7.15. The maximum atomic E-state index is 6.17. The second-order valence-electron chi connectivity index (χ2n) is 3.82. The van der Waals surface area contributed by atoms with Gasteiger partial charge in [0, 0.05) is 6.04 Å². The Morgan fingerprint density at radius 2 is 1.75 bits per heavy atom. The van der Waals surface area contributed by atoms with Gasteiger partial charge in [0.05, 0.1) is 19.8 Å². The van der Waals surface area contributed by atoms with Crippen molar-refractivity contribution in [3.63, 3.8) is 0 Å². The van der Waals surface area contributed by atoms with Gasteiger partial charge in [0.2, 0.25) is 0 Å². The van der Waals surface area contributed by atoms with Crippen LogP contribution in [0.4, 0.5) is 0 Å². The molecule has 0 aromatic heterocycles. The quantitative estimate of drug-likeness (QED) is 0.806. The van der Waals surface area contributed by atoms with Gasteiger partial charge in [-0.1, -0.05) is 25.8 Å². The minimum absolute atomic E-state index is 0.0222. The summed E-state index contributed by atoms with van der Waals surface area (Å²) in [6.45, 7) is 2.16. The van der Waals surface area contributed by atoms with Crippen LogP contribution in [0.2, 0.25) is 0 Å². The molecule has 1 aromatic carbocycles. The molecule has 0 amide bonds. The standard InChI is InChI=1S/C13H21NO2/c1-4-5-7-10(14)13-11(15-2)8-6-9-12(13)16-3/h6,8-10H,4-5,7,14H2,1-3H3. The van der Waals surface area contributed by atoms with Crippen molar-refractivity contribution in [3.8, 4) is 11.5 Å². The summed E-state index contributed by atoms with van der Waals surface area (Å²) < 4.78 is 10.7. The summed E-state index contributed by atoms with van der Waals surface area (Å²) in [6.07, 6.45) is 3.21. The van der Waals surface area contributed by atoms with Gasteiger partial charge in [-0.2, -0.15) is 0 Å². The van der Waals surface area contributed by atoms with Crippen LogP contribution in [0.15, 0.2) is 18.2 Å². The zero-order chi connectivity index (χ0) is 12.0. The van der Waals surface area contributed by atoms with Crippen LogP contribution in [0, 0.1) is 0 Å². The molecule has 90 valence electrons. The van der Waals surface area contributed by atoms with Crippen molar-refractivity contribution in [2.45, 2.75) is 32.2 Å². The van der Waals surface area contributed by atoms with Gasteiger partial charge in [-0.15, -0.1) is 0 Å². The first-order valence-corrected chi connectivity index (χ1v) is 5.71. The third kappa shape index (κ3) is 2.89. The lowest BCUT2D eigenvalue weighted by Crippen LogP contribution is -2.12. The van der Waals surface area contributed by atoms with Crippen LogP contribution < -0.4 is 15.2 Å². The number of ether oxygens (including phenoxy) is 2. The third-order valence-corrected chi connectivity index (χ3v) is 2.71. The topological polar surface area (TPSA) is 44.5 Å². The lowest BCUT2D eigenvalue weighted by Gasteiger charge is -2.18. The summed E-state index contributed by atoms with van der Waals surface area (Å²) in [5.74, 6) is 1.62. The summed E-state index contributed by atoms with van der Waals surface area (Å²) in [7, 11) is 3.32. The average Bonchev–Trinajstić information content (AvgIpc) is 2.34. The highest BCUT2D eigenvalue weighted by molar-refractivity contribution is 5.46. The molecule has 3 nitrogen and oxygen atoms in total. The fraction of sp³-hybridized carbons (Fsp3) is 0.538. The number of nitrogens with two attached hydrogens (primary N) is 1. The van der Waals surface area contributed by atoms with Crippen LogP contribution >= 0.6 is 0 Å². The summed E-state index contributed by atoms with van der Waals surface area (Å²) in [4.78, 5) is 0. The largest absolute Gasteiger partial charge is 0.496 e. The van der Waals surface area contributed by atoms with Gasteiger partial charge in [0.15, 0.2) is 0 Å². The van der Waals surface area contributed by atoms with Gasteiger partial charge in [0.1, 0.15) is 11.5 Å². The molecular weight excluding hydrogens is 202 g/mol. The fourth-order valence-electron chi connectivity index (χ4n) is 1.81. The minimum atomic E-state index is -0.0222. The lowest BCUT2D eigenvalue weighted by molar-refractivity contribution is 0.376. The number of unbranched alkanes of at least 4 members (excludes halogenated alkanes) is 1. The van der Waals surface area contributed by atoms with Crippen LogP contribution in [0.3, 0.4) is 0 Å². The van der Waals surface area contributed by atoms with Gasteiger partial charge >= 0.3 is 0 Å². The molecule has 1 aromatic rings. The molecule has 0 spiro atoms. The van der Waals surface area contributed by atoms with Crippen LogP contribution in [0.5, 0.6) is 11.5 Å². The smallest absolute Gasteiger partial charge is 0.127 e.